The van der Waals surface area contributed by atoms with Crippen molar-refractivity contribution in [3.05, 3.63) is 90.9 Å². The molecule has 3 aromatic carbocycles. The van der Waals surface area contributed by atoms with E-state index in [1.807, 2.05) is 54.6 Å². The Hall–Kier alpha value is -3.86. The molecular formula is C23H15FN4. The van der Waals surface area contributed by atoms with Crippen LogP contribution in [-0.2, 0) is 0 Å². The number of halogens is 1. The molecule has 2 aromatic heterocycles. The van der Waals surface area contributed by atoms with Gasteiger partial charge in [-0.15, -0.1) is 0 Å². The van der Waals surface area contributed by atoms with Crippen LogP contribution in [0.4, 0.5) is 15.9 Å². The summed E-state index contributed by atoms with van der Waals surface area (Å²) in [5.41, 5.74) is 2.84. The highest BCUT2D eigenvalue weighted by Crippen LogP contribution is 2.29. The summed E-state index contributed by atoms with van der Waals surface area (Å²) in [4.78, 5) is 13.7. The Balaban J connectivity index is 1.66. The standard InChI is InChI=1S/C23H15FN4/c24-19-10-4-2-8-17(19)22-27-21-12-6-3-9-18(21)23(28-22)26-16-13-15-7-1-5-11-20(15)25-14-16/h1-14H,(H,26,27,28). The second-order valence-corrected chi connectivity index (χ2v) is 6.43. The summed E-state index contributed by atoms with van der Waals surface area (Å²) in [5, 5.41) is 5.22. The molecule has 0 unspecified atom stereocenters. The normalized spacial score (nSPS) is 11.0. The molecule has 0 atom stereocenters. The van der Waals surface area contributed by atoms with Gasteiger partial charge in [-0.25, -0.2) is 14.4 Å². The first-order valence-corrected chi connectivity index (χ1v) is 8.91. The highest BCUT2D eigenvalue weighted by atomic mass is 19.1. The topological polar surface area (TPSA) is 50.7 Å². The van der Waals surface area contributed by atoms with E-state index in [9.17, 15) is 4.39 Å². The zero-order valence-corrected chi connectivity index (χ0v) is 14.8. The average molecular weight is 366 g/mol. The van der Waals surface area contributed by atoms with Crippen LogP contribution in [0.3, 0.4) is 0 Å². The summed E-state index contributed by atoms with van der Waals surface area (Å²) in [5.74, 6) is 0.602. The van der Waals surface area contributed by atoms with Gasteiger partial charge in [0.1, 0.15) is 11.6 Å². The van der Waals surface area contributed by atoms with Crippen LogP contribution >= 0.6 is 0 Å². The van der Waals surface area contributed by atoms with Crippen molar-refractivity contribution in [3.63, 3.8) is 0 Å². The van der Waals surface area contributed by atoms with E-state index in [-0.39, 0.29) is 5.82 Å². The van der Waals surface area contributed by atoms with Gasteiger partial charge in [0.15, 0.2) is 5.82 Å². The lowest BCUT2D eigenvalue weighted by atomic mass is 10.1. The third-order valence-electron chi connectivity index (χ3n) is 4.57. The number of pyridine rings is 1. The van der Waals surface area contributed by atoms with Crippen molar-refractivity contribution >= 4 is 33.3 Å². The van der Waals surface area contributed by atoms with Crippen molar-refractivity contribution < 1.29 is 4.39 Å². The van der Waals surface area contributed by atoms with Crippen molar-refractivity contribution in [2.24, 2.45) is 0 Å². The largest absolute Gasteiger partial charge is 0.338 e. The fourth-order valence-corrected chi connectivity index (χ4v) is 3.21. The number of nitrogens with one attached hydrogen (secondary N) is 1. The molecule has 0 fully saturated rings. The van der Waals surface area contributed by atoms with Gasteiger partial charge in [-0.05, 0) is 36.4 Å². The van der Waals surface area contributed by atoms with Gasteiger partial charge in [0.25, 0.3) is 0 Å². The maximum Gasteiger partial charge on any atom is 0.165 e. The van der Waals surface area contributed by atoms with E-state index in [1.165, 1.54) is 6.07 Å². The fourth-order valence-electron chi connectivity index (χ4n) is 3.21. The second-order valence-electron chi connectivity index (χ2n) is 6.43. The average Bonchev–Trinajstić information content (AvgIpc) is 2.74. The molecule has 2 heterocycles. The summed E-state index contributed by atoms with van der Waals surface area (Å²) in [6.07, 6.45) is 1.77. The van der Waals surface area contributed by atoms with E-state index >= 15 is 0 Å². The molecule has 5 rings (SSSR count). The van der Waals surface area contributed by atoms with Gasteiger partial charge >= 0.3 is 0 Å². The molecule has 0 amide bonds. The van der Waals surface area contributed by atoms with Crippen LogP contribution in [0.2, 0.25) is 0 Å². The molecule has 4 nitrogen and oxygen atoms in total. The van der Waals surface area contributed by atoms with Crippen LogP contribution in [-0.4, -0.2) is 15.0 Å². The molecule has 0 saturated carbocycles. The van der Waals surface area contributed by atoms with Gasteiger partial charge in [-0.3, -0.25) is 4.98 Å². The van der Waals surface area contributed by atoms with Crippen LogP contribution in [0.5, 0.6) is 0 Å². The highest BCUT2D eigenvalue weighted by molar-refractivity contribution is 5.93. The Labute approximate surface area is 160 Å². The molecule has 5 aromatic rings. The minimum atomic E-state index is -0.351. The van der Waals surface area contributed by atoms with Gasteiger partial charge in [0.05, 0.1) is 28.5 Å². The van der Waals surface area contributed by atoms with Crippen LogP contribution in [0, 0.1) is 5.82 Å². The zero-order valence-electron chi connectivity index (χ0n) is 14.8. The molecular weight excluding hydrogens is 351 g/mol. The predicted molar refractivity (Wildman–Crippen MR) is 110 cm³/mol. The molecule has 0 radical (unpaired) electrons. The molecule has 5 heteroatoms. The van der Waals surface area contributed by atoms with Gasteiger partial charge in [-0.1, -0.05) is 42.5 Å². The quantitative estimate of drug-likeness (QED) is 0.443. The minimum absolute atomic E-state index is 0.341. The smallest absolute Gasteiger partial charge is 0.165 e. The van der Waals surface area contributed by atoms with E-state index in [1.54, 1.807) is 24.4 Å². The van der Waals surface area contributed by atoms with E-state index in [0.717, 1.165) is 27.5 Å². The minimum Gasteiger partial charge on any atom is -0.338 e. The Morgan fingerprint density at radius 3 is 2.39 bits per heavy atom. The van der Waals surface area contributed by atoms with Gasteiger partial charge in [-0.2, -0.15) is 0 Å². The SMILES string of the molecule is Fc1ccccc1-c1nc(Nc2cnc3ccccc3c2)c2ccccc2n1. The molecule has 0 aliphatic heterocycles. The first kappa shape index (κ1) is 16.3. The van der Waals surface area contributed by atoms with Crippen LogP contribution in [0.25, 0.3) is 33.2 Å². The van der Waals surface area contributed by atoms with Gasteiger partial charge in [0, 0.05) is 10.8 Å². The first-order valence-electron chi connectivity index (χ1n) is 8.91. The Kier molecular flexibility index (Phi) is 3.91. The number of fused-ring (bicyclic) bond motifs is 2. The van der Waals surface area contributed by atoms with E-state index in [2.05, 4.69) is 20.3 Å². The summed E-state index contributed by atoms with van der Waals surface area (Å²) in [6.45, 7) is 0. The Bertz CT molecular complexity index is 1320. The maximum atomic E-state index is 14.3. The summed E-state index contributed by atoms with van der Waals surface area (Å²) in [7, 11) is 0. The molecule has 28 heavy (non-hydrogen) atoms. The summed E-state index contributed by atoms with van der Waals surface area (Å²) >= 11 is 0. The molecule has 0 bridgehead atoms. The molecule has 0 saturated heterocycles. The number of aromatic nitrogens is 3. The molecule has 134 valence electrons. The van der Waals surface area contributed by atoms with Crippen molar-refractivity contribution in [1.82, 2.24) is 15.0 Å². The van der Waals surface area contributed by atoms with E-state index in [0.29, 0.717) is 17.2 Å². The second kappa shape index (κ2) is 6.70. The third kappa shape index (κ3) is 2.93. The van der Waals surface area contributed by atoms with Crippen LogP contribution in [0.15, 0.2) is 85.1 Å². The van der Waals surface area contributed by atoms with Gasteiger partial charge < -0.3 is 5.32 Å². The molecule has 0 aliphatic rings. The molecule has 0 aliphatic carbocycles. The predicted octanol–water partition coefficient (Wildman–Crippen LogP) is 5.73. The number of benzene rings is 3. The number of hydrogen-bond acceptors (Lipinski definition) is 4. The van der Waals surface area contributed by atoms with Crippen molar-refractivity contribution in [2.75, 3.05) is 5.32 Å². The number of hydrogen-bond donors (Lipinski definition) is 1. The van der Waals surface area contributed by atoms with Crippen LogP contribution in [0.1, 0.15) is 0 Å². The first-order chi connectivity index (χ1) is 13.8. The lowest BCUT2D eigenvalue weighted by molar-refractivity contribution is 0.630. The van der Waals surface area contributed by atoms with Crippen LogP contribution < -0.4 is 5.32 Å². The van der Waals surface area contributed by atoms with Crippen molar-refractivity contribution in [1.29, 1.82) is 0 Å². The lowest BCUT2D eigenvalue weighted by Gasteiger charge is -2.12. The third-order valence-corrected chi connectivity index (χ3v) is 4.57. The fraction of sp³-hybridized carbons (Fsp3) is 0. The highest BCUT2D eigenvalue weighted by Gasteiger charge is 2.12. The lowest BCUT2D eigenvalue weighted by Crippen LogP contribution is -2.00. The van der Waals surface area contributed by atoms with Gasteiger partial charge in [0.2, 0.25) is 0 Å². The van der Waals surface area contributed by atoms with E-state index in [4.69, 9.17) is 0 Å². The molecule has 0 spiro atoms. The summed E-state index contributed by atoms with van der Waals surface area (Å²) in [6, 6.07) is 24.1. The van der Waals surface area contributed by atoms with E-state index < -0.39 is 0 Å². The Morgan fingerprint density at radius 1 is 0.750 bits per heavy atom. The van der Waals surface area contributed by atoms with Crippen molar-refractivity contribution in [3.8, 4) is 11.4 Å². The van der Waals surface area contributed by atoms with Crippen molar-refractivity contribution in [2.45, 2.75) is 0 Å². The Morgan fingerprint density at radius 2 is 1.50 bits per heavy atom. The molecule has 1 N–H and O–H groups in total. The number of anilines is 2. The number of para-hydroxylation sites is 2. The zero-order chi connectivity index (χ0) is 18.9. The number of nitrogens with zero attached hydrogens (tertiary/aromatic N) is 3. The number of rotatable bonds is 3. The maximum absolute atomic E-state index is 14.3. The monoisotopic (exact) mass is 366 g/mol. The summed E-state index contributed by atoms with van der Waals surface area (Å²) < 4.78 is 14.3.